The number of rotatable bonds is 6. The fraction of sp³-hybridized carbons (Fsp3) is 0.267. The van der Waals surface area contributed by atoms with Crippen molar-refractivity contribution in [2.75, 3.05) is 31.2 Å². The van der Waals surface area contributed by atoms with Gasteiger partial charge in [0.15, 0.2) is 0 Å². The van der Waals surface area contributed by atoms with Crippen LogP contribution in [0.25, 0.3) is 0 Å². The number of Topliss-reactive ketones (excluding diaryl/α,β-unsaturated/α-hetero) is 1. The SMILES string of the molecule is C#CCN(c1cccc(C(=O)C(I)=CN(C)C)c1)S(C)(=O)=O. The van der Waals surface area contributed by atoms with Crippen LogP contribution >= 0.6 is 22.6 Å². The number of ketones is 1. The van der Waals surface area contributed by atoms with Crippen LogP contribution in [0.4, 0.5) is 5.69 Å². The van der Waals surface area contributed by atoms with E-state index in [1.807, 2.05) is 36.7 Å². The van der Waals surface area contributed by atoms with Gasteiger partial charge in [0.25, 0.3) is 0 Å². The number of allylic oxidation sites excluding steroid dienone is 1. The maximum absolute atomic E-state index is 12.4. The summed E-state index contributed by atoms with van der Waals surface area (Å²) in [7, 11) is 0.133. The first kappa shape index (κ1) is 18.5. The van der Waals surface area contributed by atoms with Crippen molar-refractivity contribution in [1.29, 1.82) is 0 Å². The molecule has 0 aliphatic rings. The molecule has 118 valence electrons. The van der Waals surface area contributed by atoms with Crippen LogP contribution in [0.3, 0.4) is 0 Å². The summed E-state index contributed by atoms with van der Waals surface area (Å²) in [6.45, 7) is -0.0822. The first-order chi connectivity index (χ1) is 10.2. The lowest BCUT2D eigenvalue weighted by molar-refractivity contribution is 0.104. The molecule has 0 aromatic heterocycles. The summed E-state index contributed by atoms with van der Waals surface area (Å²) in [5, 5.41) is 0. The largest absolute Gasteiger partial charge is 0.383 e. The van der Waals surface area contributed by atoms with Crippen LogP contribution in [0.5, 0.6) is 0 Å². The summed E-state index contributed by atoms with van der Waals surface area (Å²) in [5.74, 6) is 2.14. The molecule has 1 rings (SSSR count). The van der Waals surface area contributed by atoms with Crippen LogP contribution in [-0.4, -0.2) is 46.0 Å². The molecule has 0 N–H and O–H groups in total. The van der Waals surface area contributed by atoms with Gasteiger partial charge >= 0.3 is 0 Å². The van der Waals surface area contributed by atoms with Gasteiger partial charge in [-0.3, -0.25) is 9.10 Å². The molecule has 0 spiro atoms. The molecule has 0 fully saturated rings. The number of anilines is 1. The Hall–Kier alpha value is -1.53. The number of sulfonamides is 1. The molecule has 1 aromatic carbocycles. The average molecular weight is 432 g/mol. The van der Waals surface area contributed by atoms with Crippen molar-refractivity contribution >= 4 is 44.1 Å². The summed E-state index contributed by atoms with van der Waals surface area (Å²) in [5.41, 5.74) is 0.783. The minimum atomic E-state index is -3.51. The number of carbonyl (C=O) groups is 1. The van der Waals surface area contributed by atoms with E-state index in [9.17, 15) is 13.2 Å². The summed E-state index contributed by atoms with van der Waals surface area (Å²) >= 11 is 1.95. The molecular weight excluding hydrogens is 415 g/mol. The summed E-state index contributed by atoms with van der Waals surface area (Å²) in [6.07, 6.45) is 8.00. The van der Waals surface area contributed by atoms with Gasteiger partial charge in [0.1, 0.15) is 0 Å². The smallest absolute Gasteiger partial charge is 0.233 e. The number of carbonyl (C=O) groups excluding carboxylic acids is 1. The van der Waals surface area contributed by atoms with E-state index in [2.05, 4.69) is 5.92 Å². The minimum Gasteiger partial charge on any atom is -0.383 e. The van der Waals surface area contributed by atoms with E-state index in [0.717, 1.165) is 10.6 Å². The Kier molecular flexibility index (Phi) is 6.44. The lowest BCUT2D eigenvalue weighted by atomic mass is 10.1. The zero-order chi connectivity index (χ0) is 16.9. The van der Waals surface area contributed by atoms with Crippen molar-refractivity contribution in [3.05, 3.63) is 39.6 Å². The molecule has 0 atom stereocenters. The summed E-state index contributed by atoms with van der Waals surface area (Å²) in [6, 6.07) is 6.42. The van der Waals surface area contributed by atoms with Gasteiger partial charge < -0.3 is 4.90 Å². The van der Waals surface area contributed by atoms with Crippen LogP contribution < -0.4 is 4.31 Å². The number of halogens is 1. The number of hydrogen-bond donors (Lipinski definition) is 0. The molecule has 0 unspecified atom stereocenters. The third kappa shape index (κ3) is 5.03. The average Bonchev–Trinajstić information content (AvgIpc) is 2.42. The molecule has 7 heteroatoms. The Bertz CT molecular complexity index is 733. The Morgan fingerprint density at radius 3 is 2.55 bits per heavy atom. The molecule has 5 nitrogen and oxygen atoms in total. The molecule has 0 saturated heterocycles. The van der Waals surface area contributed by atoms with Gasteiger partial charge in [-0.25, -0.2) is 8.42 Å². The quantitative estimate of drug-likeness (QED) is 0.299. The Balaban J connectivity index is 3.24. The van der Waals surface area contributed by atoms with Gasteiger partial charge in [-0.1, -0.05) is 18.1 Å². The predicted molar refractivity (Wildman–Crippen MR) is 97.6 cm³/mol. The number of benzene rings is 1. The van der Waals surface area contributed by atoms with Gasteiger partial charge in [0, 0.05) is 25.9 Å². The van der Waals surface area contributed by atoms with Crippen LogP contribution in [-0.2, 0) is 10.0 Å². The first-order valence-corrected chi connectivity index (χ1v) is 9.19. The molecule has 0 bridgehead atoms. The van der Waals surface area contributed by atoms with Gasteiger partial charge in [-0.15, -0.1) is 6.42 Å². The molecule has 0 aliphatic carbocycles. The van der Waals surface area contributed by atoms with E-state index in [4.69, 9.17) is 6.42 Å². The number of nitrogens with zero attached hydrogens (tertiary/aromatic N) is 2. The van der Waals surface area contributed by atoms with Crippen molar-refractivity contribution in [1.82, 2.24) is 4.90 Å². The second-order valence-electron chi connectivity index (χ2n) is 4.79. The highest BCUT2D eigenvalue weighted by Crippen LogP contribution is 2.22. The van der Waals surface area contributed by atoms with Crippen molar-refractivity contribution < 1.29 is 13.2 Å². The number of hydrogen-bond acceptors (Lipinski definition) is 4. The van der Waals surface area contributed by atoms with E-state index >= 15 is 0 Å². The third-order valence-electron chi connectivity index (χ3n) is 2.62. The Morgan fingerprint density at radius 1 is 1.41 bits per heavy atom. The molecule has 0 radical (unpaired) electrons. The first-order valence-electron chi connectivity index (χ1n) is 6.26. The molecule has 0 heterocycles. The zero-order valence-corrected chi connectivity index (χ0v) is 15.6. The molecule has 22 heavy (non-hydrogen) atoms. The maximum atomic E-state index is 12.4. The van der Waals surface area contributed by atoms with Gasteiger partial charge in [0.05, 0.1) is 22.1 Å². The number of terminal acetylenes is 1. The van der Waals surface area contributed by atoms with Crippen molar-refractivity contribution in [2.45, 2.75) is 0 Å². The lowest BCUT2D eigenvalue weighted by Gasteiger charge is -2.20. The highest BCUT2D eigenvalue weighted by atomic mass is 127. The van der Waals surface area contributed by atoms with Gasteiger partial charge in [-0.05, 0) is 34.7 Å². The van der Waals surface area contributed by atoms with Gasteiger partial charge in [0.2, 0.25) is 15.8 Å². The monoisotopic (exact) mass is 432 g/mol. The molecular formula is C15H17IN2O3S. The third-order valence-corrected chi connectivity index (χ3v) is 4.53. The molecule has 0 amide bonds. The van der Waals surface area contributed by atoms with E-state index in [0.29, 0.717) is 14.8 Å². The van der Waals surface area contributed by atoms with E-state index < -0.39 is 10.0 Å². The fourth-order valence-corrected chi connectivity index (χ4v) is 3.38. The Labute approximate surface area is 145 Å². The normalized spacial score (nSPS) is 11.7. The molecule has 1 aromatic rings. The predicted octanol–water partition coefficient (Wildman–Crippen LogP) is 2.11. The highest BCUT2D eigenvalue weighted by molar-refractivity contribution is 14.1. The van der Waals surface area contributed by atoms with E-state index in [1.165, 1.54) is 6.07 Å². The molecule has 0 aliphatic heterocycles. The summed E-state index contributed by atoms with van der Waals surface area (Å²) in [4.78, 5) is 14.1. The second-order valence-corrected chi connectivity index (χ2v) is 7.86. The van der Waals surface area contributed by atoms with Crippen LogP contribution in [0.1, 0.15) is 10.4 Å². The van der Waals surface area contributed by atoms with Crippen molar-refractivity contribution in [3.8, 4) is 12.3 Å². The topological polar surface area (TPSA) is 57.7 Å². The highest BCUT2D eigenvalue weighted by Gasteiger charge is 2.18. The van der Waals surface area contributed by atoms with Crippen LogP contribution in [0, 0.1) is 12.3 Å². The maximum Gasteiger partial charge on any atom is 0.233 e. The standard InChI is InChI=1S/C15H17IN2O3S/c1-5-9-18(22(4,20)21)13-8-6-7-12(10-13)15(19)14(16)11-17(2)3/h1,6-8,10-11H,9H2,2-4H3. The minimum absolute atomic E-state index is 0.0822. The van der Waals surface area contributed by atoms with Gasteiger partial charge in [-0.2, -0.15) is 0 Å². The van der Waals surface area contributed by atoms with E-state index in [1.54, 1.807) is 29.3 Å². The fourth-order valence-electron chi connectivity index (χ4n) is 1.71. The molecule has 0 saturated carbocycles. The lowest BCUT2D eigenvalue weighted by Crippen LogP contribution is -2.30. The van der Waals surface area contributed by atoms with Crippen LogP contribution in [0.2, 0.25) is 0 Å². The second kappa shape index (κ2) is 7.65. The Morgan fingerprint density at radius 2 is 2.05 bits per heavy atom. The summed E-state index contributed by atoms with van der Waals surface area (Å²) < 4.78 is 25.2. The van der Waals surface area contributed by atoms with Crippen LogP contribution in [0.15, 0.2) is 34.0 Å². The van der Waals surface area contributed by atoms with E-state index in [-0.39, 0.29) is 12.3 Å². The van der Waals surface area contributed by atoms with Crippen molar-refractivity contribution in [3.63, 3.8) is 0 Å². The van der Waals surface area contributed by atoms with Crippen molar-refractivity contribution in [2.24, 2.45) is 0 Å². The zero-order valence-electron chi connectivity index (χ0n) is 12.6.